The summed E-state index contributed by atoms with van der Waals surface area (Å²) in [5, 5.41) is 0. The third-order valence-electron chi connectivity index (χ3n) is 2.15. The van der Waals surface area contributed by atoms with E-state index in [1.165, 1.54) is 0 Å². The highest BCUT2D eigenvalue weighted by molar-refractivity contribution is 5.17. The van der Waals surface area contributed by atoms with Crippen molar-refractivity contribution < 1.29 is 4.42 Å². The van der Waals surface area contributed by atoms with Gasteiger partial charge in [-0.1, -0.05) is 27.7 Å². The fourth-order valence-electron chi connectivity index (χ4n) is 1.45. The van der Waals surface area contributed by atoms with Crippen LogP contribution in [0.5, 0.6) is 0 Å². The average Bonchev–Trinajstić information content (AvgIpc) is 2.49. The van der Waals surface area contributed by atoms with E-state index in [9.17, 15) is 0 Å². The van der Waals surface area contributed by atoms with Crippen LogP contribution in [0.25, 0.3) is 0 Å². The maximum atomic E-state index is 5.69. The van der Waals surface area contributed by atoms with Crippen LogP contribution >= 0.6 is 0 Å². The van der Waals surface area contributed by atoms with Gasteiger partial charge in [0.05, 0.1) is 5.69 Å². The van der Waals surface area contributed by atoms with Gasteiger partial charge >= 0.3 is 0 Å². The Morgan fingerprint density at radius 2 is 1.86 bits per heavy atom. The minimum Gasteiger partial charge on any atom is -0.445 e. The van der Waals surface area contributed by atoms with Crippen LogP contribution in [-0.4, -0.2) is 11.5 Å². The SMILES string of the molecule is CC(C)c1nc(CCN)oc1C(C)C. The van der Waals surface area contributed by atoms with Crippen molar-refractivity contribution in [3.63, 3.8) is 0 Å². The van der Waals surface area contributed by atoms with Crippen molar-refractivity contribution in [3.05, 3.63) is 17.3 Å². The zero-order chi connectivity index (χ0) is 10.7. The molecule has 0 spiro atoms. The van der Waals surface area contributed by atoms with Gasteiger partial charge in [-0.2, -0.15) is 0 Å². The normalized spacial score (nSPS) is 11.6. The van der Waals surface area contributed by atoms with E-state index in [4.69, 9.17) is 10.2 Å². The van der Waals surface area contributed by atoms with Crippen LogP contribution < -0.4 is 5.73 Å². The van der Waals surface area contributed by atoms with E-state index in [1.807, 2.05) is 0 Å². The molecule has 0 bridgehead atoms. The largest absolute Gasteiger partial charge is 0.445 e. The van der Waals surface area contributed by atoms with E-state index in [1.54, 1.807) is 0 Å². The summed E-state index contributed by atoms with van der Waals surface area (Å²) in [7, 11) is 0. The molecule has 1 heterocycles. The fraction of sp³-hybridized carbons (Fsp3) is 0.727. The van der Waals surface area contributed by atoms with Gasteiger partial charge in [0.15, 0.2) is 5.89 Å². The maximum Gasteiger partial charge on any atom is 0.195 e. The lowest BCUT2D eigenvalue weighted by Crippen LogP contribution is -2.03. The zero-order valence-corrected chi connectivity index (χ0v) is 9.50. The summed E-state index contributed by atoms with van der Waals surface area (Å²) in [6, 6.07) is 0. The Kier molecular flexibility index (Phi) is 3.69. The molecule has 1 rings (SSSR count). The molecule has 3 nitrogen and oxygen atoms in total. The monoisotopic (exact) mass is 196 g/mol. The molecule has 1 aromatic heterocycles. The first kappa shape index (κ1) is 11.2. The standard InChI is InChI=1S/C11H20N2O/c1-7(2)10-11(8(3)4)14-9(13-10)5-6-12/h7-8H,5-6,12H2,1-4H3. The quantitative estimate of drug-likeness (QED) is 0.804. The molecule has 0 aliphatic rings. The Bertz CT molecular complexity index is 264. The molecular weight excluding hydrogens is 176 g/mol. The minimum atomic E-state index is 0.395. The topological polar surface area (TPSA) is 52.0 Å². The Morgan fingerprint density at radius 1 is 1.21 bits per heavy atom. The Hall–Kier alpha value is -0.830. The second-order valence-corrected chi connectivity index (χ2v) is 4.21. The van der Waals surface area contributed by atoms with Crippen molar-refractivity contribution in [1.82, 2.24) is 4.98 Å². The van der Waals surface area contributed by atoms with Crippen LogP contribution in [0.2, 0.25) is 0 Å². The van der Waals surface area contributed by atoms with Crippen LogP contribution in [0.3, 0.4) is 0 Å². The van der Waals surface area contributed by atoms with E-state index in [-0.39, 0.29) is 0 Å². The number of aromatic nitrogens is 1. The van der Waals surface area contributed by atoms with Crippen molar-refractivity contribution in [2.75, 3.05) is 6.54 Å². The van der Waals surface area contributed by atoms with Crippen LogP contribution in [-0.2, 0) is 6.42 Å². The van der Waals surface area contributed by atoms with Gasteiger partial charge in [0.25, 0.3) is 0 Å². The van der Waals surface area contributed by atoms with Gasteiger partial charge in [-0.25, -0.2) is 4.98 Å². The van der Waals surface area contributed by atoms with Crippen molar-refractivity contribution in [3.8, 4) is 0 Å². The van der Waals surface area contributed by atoms with E-state index < -0.39 is 0 Å². The molecule has 0 aromatic carbocycles. The van der Waals surface area contributed by atoms with Gasteiger partial charge in [-0.15, -0.1) is 0 Å². The van der Waals surface area contributed by atoms with Crippen molar-refractivity contribution in [2.45, 2.75) is 46.0 Å². The molecule has 80 valence electrons. The fourth-order valence-corrected chi connectivity index (χ4v) is 1.45. The highest BCUT2D eigenvalue weighted by Crippen LogP contribution is 2.26. The van der Waals surface area contributed by atoms with Crippen LogP contribution in [0.4, 0.5) is 0 Å². The van der Waals surface area contributed by atoms with Crippen LogP contribution in [0.15, 0.2) is 4.42 Å². The third-order valence-corrected chi connectivity index (χ3v) is 2.15. The molecule has 2 N–H and O–H groups in total. The van der Waals surface area contributed by atoms with E-state index >= 15 is 0 Å². The highest BCUT2D eigenvalue weighted by atomic mass is 16.4. The molecule has 0 aliphatic heterocycles. The molecule has 1 aromatic rings. The summed E-state index contributed by atoms with van der Waals surface area (Å²) >= 11 is 0. The predicted molar refractivity (Wildman–Crippen MR) is 57.4 cm³/mol. The summed E-state index contributed by atoms with van der Waals surface area (Å²) in [4.78, 5) is 4.47. The second kappa shape index (κ2) is 4.60. The molecule has 0 amide bonds. The van der Waals surface area contributed by atoms with Crippen molar-refractivity contribution in [1.29, 1.82) is 0 Å². The minimum absolute atomic E-state index is 0.395. The van der Waals surface area contributed by atoms with Gasteiger partial charge in [0.2, 0.25) is 0 Å². The molecular formula is C11H20N2O. The van der Waals surface area contributed by atoms with Gasteiger partial charge < -0.3 is 10.2 Å². The molecule has 0 aliphatic carbocycles. The molecule has 0 saturated heterocycles. The summed E-state index contributed by atoms with van der Waals surface area (Å²) < 4.78 is 5.69. The lowest BCUT2D eigenvalue weighted by Gasteiger charge is -2.05. The predicted octanol–water partition coefficient (Wildman–Crippen LogP) is 2.42. The van der Waals surface area contributed by atoms with E-state index in [0.29, 0.717) is 18.4 Å². The number of rotatable bonds is 4. The first-order valence-corrected chi connectivity index (χ1v) is 5.25. The van der Waals surface area contributed by atoms with Gasteiger partial charge in [-0.05, 0) is 5.92 Å². The number of nitrogens with zero attached hydrogens (tertiary/aromatic N) is 1. The second-order valence-electron chi connectivity index (χ2n) is 4.21. The summed E-state index contributed by atoms with van der Waals surface area (Å²) in [6.07, 6.45) is 0.729. The number of hydrogen-bond donors (Lipinski definition) is 1. The number of nitrogens with two attached hydrogens (primary N) is 1. The smallest absolute Gasteiger partial charge is 0.195 e. The molecule has 14 heavy (non-hydrogen) atoms. The molecule has 0 radical (unpaired) electrons. The summed E-state index contributed by atoms with van der Waals surface area (Å²) in [5.41, 5.74) is 6.56. The molecule has 0 fully saturated rings. The lowest BCUT2D eigenvalue weighted by molar-refractivity contribution is 0.437. The molecule has 0 saturated carbocycles. The van der Waals surface area contributed by atoms with Crippen molar-refractivity contribution in [2.24, 2.45) is 5.73 Å². The Balaban J connectivity index is 3.00. The highest BCUT2D eigenvalue weighted by Gasteiger charge is 2.17. The Morgan fingerprint density at radius 3 is 2.21 bits per heavy atom. The van der Waals surface area contributed by atoms with Gasteiger partial charge in [0.1, 0.15) is 5.76 Å². The lowest BCUT2D eigenvalue weighted by atomic mass is 10.0. The van der Waals surface area contributed by atoms with E-state index in [0.717, 1.165) is 23.8 Å². The zero-order valence-electron chi connectivity index (χ0n) is 9.50. The van der Waals surface area contributed by atoms with Gasteiger partial charge in [-0.3, -0.25) is 0 Å². The summed E-state index contributed by atoms with van der Waals surface area (Å²) in [6.45, 7) is 9.11. The molecule has 0 unspecified atom stereocenters. The molecule has 3 heteroatoms. The van der Waals surface area contributed by atoms with Gasteiger partial charge in [0, 0.05) is 18.9 Å². The first-order valence-electron chi connectivity index (χ1n) is 5.25. The van der Waals surface area contributed by atoms with E-state index in [2.05, 4.69) is 32.7 Å². The molecule has 0 atom stereocenters. The third kappa shape index (κ3) is 2.35. The van der Waals surface area contributed by atoms with Crippen LogP contribution in [0.1, 0.15) is 56.9 Å². The number of oxazole rings is 1. The maximum absolute atomic E-state index is 5.69. The summed E-state index contributed by atoms with van der Waals surface area (Å²) in [5.74, 6) is 2.61. The number of hydrogen-bond acceptors (Lipinski definition) is 3. The van der Waals surface area contributed by atoms with Crippen molar-refractivity contribution >= 4 is 0 Å². The Labute approximate surface area is 85.7 Å². The first-order chi connectivity index (χ1) is 6.56. The van der Waals surface area contributed by atoms with Crippen LogP contribution in [0, 0.1) is 0 Å². The average molecular weight is 196 g/mol.